The molecule has 0 aromatic carbocycles. The standard InChI is InChI=1S/C12H19N3O3/c1-16-11-10(12(17-2)15-8-14-11)6-13-5-9-3-4-18-7-9/h8-9,13H,3-7H2,1-2H3. The van der Waals surface area contributed by atoms with Gasteiger partial charge in [-0.25, -0.2) is 9.97 Å². The Kier molecular flexibility index (Phi) is 4.72. The Labute approximate surface area is 107 Å². The molecular weight excluding hydrogens is 234 g/mol. The van der Waals surface area contributed by atoms with Crippen molar-refractivity contribution in [1.82, 2.24) is 15.3 Å². The highest BCUT2D eigenvalue weighted by Gasteiger charge is 2.17. The van der Waals surface area contributed by atoms with Crippen LogP contribution in [0.3, 0.4) is 0 Å². The van der Waals surface area contributed by atoms with Crippen LogP contribution in [0, 0.1) is 5.92 Å². The lowest BCUT2D eigenvalue weighted by Gasteiger charge is -2.13. The molecule has 18 heavy (non-hydrogen) atoms. The number of hydrogen-bond donors (Lipinski definition) is 1. The first kappa shape index (κ1) is 13.0. The van der Waals surface area contributed by atoms with E-state index in [0.717, 1.165) is 31.7 Å². The zero-order chi connectivity index (χ0) is 12.8. The summed E-state index contributed by atoms with van der Waals surface area (Å²) in [5.74, 6) is 1.70. The van der Waals surface area contributed by atoms with Gasteiger partial charge in [-0.05, 0) is 12.3 Å². The first-order chi connectivity index (χ1) is 8.85. The Bertz CT molecular complexity index is 359. The Morgan fingerprint density at radius 2 is 2.06 bits per heavy atom. The maximum atomic E-state index is 5.34. The van der Waals surface area contributed by atoms with Gasteiger partial charge in [0, 0.05) is 19.7 Å². The molecule has 0 spiro atoms. The molecule has 0 amide bonds. The molecule has 0 radical (unpaired) electrons. The van der Waals surface area contributed by atoms with Gasteiger partial charge in [0.1, 0.15) is 6.33 Å². The van der Waals surface area contributed by atoms with E-state index in [1.165, 1.54) is 6.33 Å². The first-order valence-corrected chi connectivity index (χ1v) is 6.05. The van der Waals surface area contributed by atoms with Crippen LogP contribution in [-0.2, 0) is 11.3 Å². The van der Waals surface area contributed by atoms with Crippen molar-refractivity contribution in [1.29, 1.82) is 0 Å². The number of nitrogens with zero attached hydrogens (tertiary/aromatic N) is 2. The number of nitrogens with one attached hydrogen (secondary N) is 1. The predicted octanol–water partition coefficient (Wildman–Crippen LogP) is 0.620. The van der Waals surface area contributed by atoms with Gasteiger partial charge in [0.2, 0.25) is 11.8 Å². The van der Waals surface area contributed by atoms with Crippen molar-refractivity contribution in [3.63, 3.8) is 0 Å². The molecule has 2 heterocycles. The van der Waals surface area contributed by atoms with E-state index in [9.17, 15) is 0 Å². The summed E-state index contributed by atoms with van der Waals surface area (Å²) in [5.41, 5.74) is 0.849. The van der Waals surface area contributed by atoms with Crippen LogP contribution in [0.15, 0.2) is 6.33 Å². The van der Waals surface area contributed by atoms with Crippen molar-refractivity contribution in [2.75, 3.05) is 34.0 Å². The third-order valence-electron chi connectivity index (χ3n) is 3.01. The molecule has 0 bridgehead atoms. The summed E-state index contributed by atoms with van der Waals surface area (Å²) in [4.78, 5) is 8.16. The van der Waals surface area contributed by atoms with E-state index in [1.807, 2.05) is 0 Å². The minimum atomic E-state index is 0.553. The van der Waals surface area contributed by atoms with E-state index in [1.54, 1.807) is 14.2 Å². The van der Waals surface area contributed by atoms with Crippen molar-refractivity contribution >= 4 is 0 Å². The second kappa shape index (κ2) is 6.51. The Balaban J connectivity index is 1.94. The molecule has 1 aromatic rings. The molecule has 6 heteroatoms. The van der Waals surface area contributed by atoms with Crippen molar-refractivity contribution in [2.45, 2.75) is 13.0 Å². The topological polar surface area (TPSA) is 65.5 Å². The first-order valence-electron chi connectivity index (χ1n) is 6.05. The van der Waals surface area contributed by atoms with Gasteiger partial charge in [0.25, 0.3) is 0 Å². The summed E-state index contributed by atoms with van der Waals surface area (Å²) in [7, 11) is 3.19. The van der Waals surface area contributed by atoms with Gasteiger partial charge in [-0.1, -0.05) is 0 Å². The van der Waals surface area contributed by atoms with Crippen molar-refractivity contribution < 1.29 is 14.2 Å². The lowest BCUT2D eigenvalue weighted by molar-refractivity contribution is 0.185. The Morgan fingerprint density at radius 3 is 2.61 bits per heavy atom. The van der Waals surface area contributed by atoms with Crippen LogP contribution in [0.2, 0.25) is 0 Å². The summed E-state index contributed by atoms with van der Waals surface area (Å²) in [6.07, 6.45) is 2.55. The van der Waals surface area contributed by atoms with Crippen LogP contribution < -0.4 is 14.8 Å². The normalized spacial score (nSPS) is 18.9. The summed E-state index contributed by atoms with van der Waals surface area (Å²) >= 11 is 0. The van der Waals surface area contributed by atoms with Crippen LogP contribution in [0.4, 0.5) is 0 Å². The fourth-order valence-corrected chi connectivity index (χ4v) is 2.03. The average molecular weight is 253 g/mol. The monoisotopic (exact) mass is 253 g/mol. The molecule has 100 valence electrons. The zero-order valence-electron chi connectivity index (χ0n) is 10.8. The van der Waals surface area contributed by atoms with E-state index in [-0.39, 0.29) is 0 Å². The van der Waals surface area contributed by atoms with Gasteiger partial charge >= 0.3 is 0 Å². The third kappa shape index (κ3) is 3.08. The number of ether oxygens (including phenoxy) is 3. The highest BCUT2D eigenvalue weighted by Crippen LogP contribution is 2.23. The van der Waals surface area contributed by atoms with E-state index in [0.29, 0.717) is 24.2 Å². The number of hydrogen-bond acceptors (Lipinski definition) is 6. The third-order valence-corrected chi connectivity index (χ3v) is 3.01. The van der Waals surface area contributed by atoms with Gasteiger partial charge in [-0.2, -0.15) is 0 Å². The van der Waals surface area contributed by atoms with Crippen LogP contribution in [0.1, 0.15) is 12.0 Å². The molecule has 0 saturated carbocycles. The Hall–Kier alpha value is -1.40. The van der Waals surface area contributed by atoms with E-state index >= 15 is 0 Å². The minimum absolute atomic E-state index is 0.553. The van der Waals surface area contributed by atoms with Crippen LogP contribution in [0.5, 0.6) is 11.8 Å². The van der Waals surface area contributed by atoms with E-state index in [4.69, 9.17) is 14.2 Å². The smallest absolute Gasteiger partial charge is 0.224 e. The van der Waals surface area contributed by atoms with Gasteiger partial charge < -0.3 is 19.5 Å². The van der Waals surface area contributed by atoms with Gasteiger partial charge in [0.05, 0.1) is 26.4 Å². The molecule has 1 aliphatic rings. The van der Waals surface area contributed by atoms with E-state index < -0.39 is 0 Å². The van der Waals surface area contributed by atoms with Crippen molar-refractivity contribution in [2.24, 2.45) is 5.92 Å². The lowest BCUT2D eigenvalue weighted by Crippen LogP contribution is -2.23. The minimum Gasteiger partial charge on any atom is -0.481 e. The predicted molar refractivity (Wildman–Crippen MR) is 65.8 cm³/mol. The molecule has 1 atom stereocenters. The largest absolute Gasteiger partial charge is 0.481 e. The fourth-order valence-electron chi connectivity index (χ4n) is 2.03. The van der Waals surface area contributed by atoms with Gasteiger partial charge in [0.15, 0.2) is 0 Å². The van der Waals surface area contributed by atoms with Crippen molar-refractivity contribution in [3.8, 4) is 11.8 Å². The fraction of sp³-hybridized carbons (Fsp3) is 0.667. The maximum Gasteiger partial charge on any atom is 0.224 e. The summed E-state index contributed by atoms with van der Waals surface area (Å²) in [5, 5.41) is 3.37. The maximum absolute atomic E-state index is 5.34. The molecule has 0 aliphatic carbocycles. The zero-order valence-corrected chi connectivity index (χ0v) is 10.8. The molecule has 6 nitrogen and oxygen atoms in total. The average Bonchev–Trinajstić information content (AvgIpc) is 2.92. The molecule has 1 N–H and O–H groups in total. The number of methoxy groups -OCH3 is 2. The van der Waals surface area contributed by atoms with Crippen LogP contribution >= 0.6 is 0 Å². The summed E-state index contributed by atoms with van der Waals surface area (Å²) < 4.78 is 15.8. The van der Waals surface area contributed by atoms with Crippen molar-refractivity contribution in [3.05, 3.63) is 11.9 Å². The Morgan fingerprint density at radius 1 is 1.33 bits per heavy atom. The second-order valence-electron chi connectivity index (χ2n) is 4.23. The summed E-state index contributed by atoms with van der Waals surface area (Å²) in [6, 6.07) is 0. The molecular formula is C12H19N3O3. The highest BCUT2D eigenvalue weighted by molar-refractivity contribution is 5.34. The molecule has 2 rings (SSSR count). The number of rotatable bonds is 6. The van der Waals surface area contributed by atoms with E-state index in [2.05, 4.69) is 15.3 Å². The molecule has 1 saturated heterocycles. The highest BCUT2D eigenvalue weighted by atomic mass is 16.5. The second-order valence-corrected chi connectivity index (χ2v) is 4.23. The van der Waals surface area contributed by atoms with Crippen LogP contribution in [-0.4, -0.2) is 43.9 Å². The quantitative estimate of drug-likeness (QED) is 0.801. The van der Waals surface area contributed by atoms with Gasteiger partial charge in [-0.3, -0.25) is 0 Å². The van der Waals surface area contributed by atoms with Crippen LogP contribution in [0.25, 0.3) is 0 Å². The lowest BCUT2D eigenvalue weighted by atomic mass is 10.1. The summed E-state index contributed by atoms with van der Waals surface area (Å²) in [6.45, 7) is 3.25. The number of aromatic nitrogens is 2. The molecule has 1 aliphatic heterocycles. The molecule has 1 fully saturated rings. The molecule has 1 unspecified atom stereocenters. The SMILES string of the molecule is COc1ncnc(OC)c1CNCC1CCOC1. The van der Waals surface area contributed by atoms with Gasteiger partial charge in [-0.15, -0.1) is 0 Å². The molecule has 1 aromatic heterocycles.